The highest BCUT2D eigenvalue weighted by Crippen LogP contribution is 2.37. The lowest BCUT2D eigenvalue weighted by molar-refractivity contribution is -0.137. The summed E-state index contributed by atoms with van der Waals surface area (Å²) in [6.07, 6.45) is -3.77. The lowest BCUT2D eigenvalue weighted by Crippen LogP contribution is -2.45. The molecule has 1 aromatic rings. The van der Waals surface area contributed by atoms with E-state index in [1.807, 2.05) is 6.92 Å². The molecule has 0 bridgehead atoms. The topological polar surface area (TPSA) is 15.3 Å². The molecule has 0 spiro atoms. The Morgan fingerprint density at radius 3 is 2.38 bits per heavy atom. The van der Waals surface area contributed by atoms with E-state index in [1.165, 1.54) is 12.1 Å². The van der Waals surface area contributed by atoms with Gasteiger partial charge in [-0.1, -0.05) is 17.2 Å². The Labute approximate surface area is 158 Å². The molecule has 1 saturated heterocycles. The third kappa shape index (κ3) is 6.12. The molecule has 2 rings (SSSR count). The predicted octanol–water partition coefficient (Wildman–Crippen LogP) is 5.11. The molecule has 0 unspecified atom stereocenters. The van der Waals surface area contributed by atoms with Gasteiger partial charge < -0.3 is 5.32 Å². The van der Waals surface area contributed by atoms with Crippen LogP contribution in [0.3, 0.4) is 0 Å². The van der Waals surface area contributed by atoms with Gasteiger partial charge in [0, 0.05) is 37.2 Å². The number of hydrogen-bond donors (Lipinski definition) is 1. The fourth-order valence-corrected chi connectivity index (χ4v) is 2.98. The number of nitrogens with one attached hydrogen (secondary N) is 1. The molecule has 1 aliphatic heterocycles. The molecule has 138 valence electrons. The standard InChI is InChI=1S/C16H20ClF3N2.2ClH/c1-11(2)9-15(22-7-5-21-6-8-22)13-10-12(16(18,19)20)3-4-14(13)17;;/h3-4,10,15,21H,1,5-9H2,2H3;2*1H/t15-;;/m0../s1. The molecule has 24 heavy (non-hydrogen) atoms. The van der Waals surface area contributed by atoms with Gasteiger partial charge in [0.1, 0.15) is 0 Å². The number of rotatable bonds is 4. The Kier molecular flexibility index (Phi) is 9.69. The predicted molar refractivity (Wildman–Crippen MR) is 97.6 cm³/mol. The third-order valence-electron chi connectivity index (χ3n) is 3.82. The second-order valence-corrected chi connectivity index (χ2v) is 6.10. The van der Waals surface area contributed by atoms with Crippen LogP contribution in [-0.4, -0.2) is 31.1 Å². The van der Waals surface area contributed by atoms with Crippen molar-refractivity contribution in [3.05, 3.63) is 46.5 Å². The van der Waals surface area contributed by atoms with E-state index in [0.29, 0.717) is 17.0 Å². The van der Waals surface area contributed by atoms with Crippen molar-refractivity contribution >= 4 is 36.4 Å². The number of alkyl halides is 3. The zero-order chi connectivity index (χ0) is 16.3. The van der Waals surface area contributed by atoms with Crippen molar-refractivity contribution < 1.29 is 13.2 Å². The SMILES string of the molecule is C=C(C)C[C@@H](c1cc(C(F)(F)F)ccc1Cl)N1CCNCC1.Cl.Cl. The minimum Gasteiger partial charge on any atom is -0.314 e. The van der Waals surface area contributed by atoms with Crippen LogP contribution in [0.2, 0.25) is 5.02 Å². The fraction of sp³-hybridized carbons (Fsp3) is 0.500. The molecule has 1 atom stereocenters. The van der Waals surface area contributed by atoms with E-state index in [1.54, 1.807) is 0 Å². The molecule has 2 nitrogen and oxygen atoms in total. The van der Waals surface area contributed by atoms with Gasteiger partial charge in [-0.3, -0.25) is 4.90 Å². The Morgan fingerprint density at radius 1 is 1.29 bits per heavy atom. The van der Waals surface area contributed by atoms with Crippen LogP contribution in [0.5, 0.6) is 0 Å². The number of hydrogen-bond acceptors (Lipinski definition) is 2. The molecule has 0 saturated carbocycles. The Hall–Kier alpha value is -0.460. The maximum Gasteiger partial charge on any atom is 0.416 e. The lowest BCUT2D eigenvalue weighted by Gasteiger charge is -2.36. The van der Waals surface area contributed by atoms with Gasteiger partial charge in [-0.25, -0.2) is 0 Å². The van der Waals surface area contributed by atoms with Gasteiger partial charge in [-0.2, -0.15) is 13.2 Å². The highest BCUT2D eigenvalue weighted by atomic mass is 35.5. The number of halogens is 6. The first-order chi connectivity index (χ1) is 10.3. The quantitative estimate of drug-likeness (QED) is 0.700. The van der Waals surface area contributed by atoms with E-state index in [-0.39, 0.29) is 30.9 Å². The highest BCUT2D eigenvalue weighted by molar-refractivity contribution is 6.31. The first-order valence-corrected chi connectivity index (χ1v) is 7.62. The van der Waals surface area contributed by atoms with Gasteiger partial charge in [0.05, 0.1) is 5.56 Å². The molecular weight excluding hydrogens is 384 g/mol. The minimum absolute atomic E-state index is 0. The summed E-state index contributed by atoms with van der Waals surface area (Å²) in [7, 11) is 0. The normalized spacial score (nSPS) is 16.7. The number of nitrogens with zero attached hydrogens (tertiary/aromatic N) is 1. The molecule has 1 aromatic carbocycles. The smallest absolute Gasteiger partial charge is 0.314 e. The maximum absolute atomic E-state index is 13.0. The van der Waals surface area contributed by atoms with Crippen LogP contribution in [0, 0.1) is 0 Å². The Morgan fingerprint density at radius 2 is 1.88 bits per heavy atom. The first kappa shape index (κ1) is 23.5. The number of benzene rings is 1. The van der Waals surface area contributed by atoms with Crippen molar-refractivity contribution in [2.24, 2.45) is 0 Å². The van der Waals surface area contributed by atoms with E-state index < -0.39 is 11.7 Å². The van der Waals surface area contributed by atoms with Gasteiger partial charge in [-0.15, -0.1) is 31.4 Å². The molecule has 1 heterocycles. The Balaban J connectivity index is 0.00000264. The molecule has 0 aromatic heterocycles. The van der Waals surface area contributed by atoms with Gasteiger partial charge in [0.15, 0.2) is 0 Å². The molecular formula is C16H22Cl3F3N2. The van der Waals surface area contributed by atoms with E-state index >= 15 is 0 Å². The molecule has 1 N–H and O–H groups in total. The van der Waals surface area contributed by atoms with Crippen LogP contribution in [0.4, 0.5) is 13.2 Å². The van der Waals surface area contributed by atoms with E-state index in [0.717, 1.165) is 37.8 Å². The van der Waals surface area contributed by atoms with Gasteiger partial charge in [0.2, 0.25) is 0 Å². The Bertz CT molecular complexity index is 544. The zero-order valence-corrected chi connectivity index (χ0v) is 15.7. The van der Waals surface area contributed by atoms with Crippen LogP contribution in [0.25, 0.3) is 0 Å². The van der Waals surface area contributed by atoms with Crippen molar-refractivity contribution in [2.45, 2.75) is 25.6 Å². The van der Waals surface area contributed by atoms with Crippen LogP contribution in [0.1, 0.15) is 30.5 Å². The van der Waals surface area contributed by atoms with Crippen molar-refractivity contribution in [1.29, 1.82) is 0 Å². The van der Waals surface area contributed by atoms with Gasteiger partial charge in [0.25, 0.3) is 0 Å². The number of piperazine rings is 1. The fourth-order valence-electron chi connectivity index (χ4n) is 2.74. The molecule has 0 radical (unpaired) electrons. The monoisotopic (exact) mass is 404 g/mol. The second-order valence-electron chi connectivity index (χ2n) is 5.70. The van der Waals surface area contributed by atoms with E-state index in [2.05, 4.69) is 16.8 Å². The average Bonchev–Trinajstić information content (AvgIpc) is 2.45. The largest absolute Gasteiger partial charge is 0.416 e. The van der Waals surface area contributed by atoms with E-state index in [9.17, 15) is 13.2 Å². The van der Waals surface area contributed by atoms with Gasteiger partial charge >= 0.3 is 6.18 Å². The molecule has 0 amide bonds. The lowest BCUT2D eigenvalue weighted by atomic mass is 9.96. The molecule has 1 fully saturated rings. The van der Waals surface area contributed by atoms with Gasteiger partial charge in [-0.05, 0) is 37.1 Å². The van der Waals surface area contributed by atoms with E-state index in [4.69, 9.17) is 11.6 Å². The molecule has 8 heteroatoms. The van der Waals surface area contributed by atoms with Crippen LogP contribution >= 0.6 is 36.4 Å². The summed E-state index contributed by atoms with van der Waals surface area (Å²) in [5, 5.41) is 3.62. The average molecular weight is 406 g/mol. The summed E-state index contributed by atoms with van der Waals surface area (Å²) in [6, 6.07) is 3.38. The van der Waals surface area contributed by atoms with Crippen LogP contribution in [-0.2, 0) is 6.18 Å². The van der Waals surface area contributed by atoms with Crippen molar-refractivity contribution in [2.75, 3.05) is 26.2 Å². The third-order valence-corrected chi connectivity index (χ3v) is 4.16. The maximum atomic E-state index is 13.0. The summed E-state index contributed by atoms with van der Waals surface area (Å²) in [5.74, 6) is 0. The molecule has 1 aliphatic rings. The summed E-state index contributed by atoms with van der Waals surface area (Å²) in [6.45, 7) is 9.00. The van der Waals surface area contributed by atoms with Crippen LogP contribution in [0.15, 0.2) is 30.4 Å². The van der Waals surface area contributed by atoms with Crippen molar-refractivity contribution in [3.8, 4) is 0 Å². The zero-order valence-electron chi connectivity index (χ0n) is 13.3. The second kappa shape index (κ2) is 9.88. The van der Waals surface area contributed by atoms with Crippen molar-refractivity contribution in [3.63, 3.8) is 0 Å². The first-order valence-electron chi connectivity index (χ1n) is 7.25. The van der Waals surface area contributed by atoms with Crippen LogP contribution < -0.4 is 5.32 Å². The summed E-state index contributed by atoms with van der Waals surface area (Å²) < 4.78 is 39.0. The van der Waals surface area contributed by atoms with Crippen molar-refractivity contribution in [1.82, 2.24) is 10.2 Å². The summed E-state index contributed by atoms with van der Waals surface area (Å²) >= 11 is 6.20. The highest BCUT2D eigenvalue weighted by Gasteiger charge is 2.33. The summed E-state index contributed by atoms with van der Waals surface area (Å²) in [5.41, 5.74) is 0.798. The molecule has 0 aliphatic carbocycles. The summed E-state index contributed by atoms with van der Waals surface area (Å²) in [4.78, 5) is 2.17. The minimum atomic E-state index is -4.36.